The van der Waals surface area contributed by atoms with E-state index in [4.69, 9.17) is 0 Å². The van der Waals surface area contributed by atoms with Gasteiger partial charge in [-0.15, -0.1) is 13.2 Å². The van der Waals surface area contributed by atoms with Crippen molar-refractivity contribution in [2.45, 2.75) is 79.1 Å². The molecule has 0 saturated heterocycles. The third kappa shape index (κ3) is 19.4. The Labute approximate surface area is 158 Å². The van der Waals surface area contributed by atoms with Crippen molar-refractivity contribution in [3.05, 3.63) is 0 Å². The number of unbranched alkanes of at least 4 members (excludes halogenated alkanes) is 2. The molecule has 0 saturated carbocycles. The average Bonchev–Trinajstić information content (AvgIpc) is 2.42. The van der Waals surface area contributed by atoms with E-state index < -0.39 is 0 Å². The van der Waals surface area contributed by atoms with Crippen molar-refractivity contribution in [3.63, 3.8) is 0 Å². The van der Waals surface area contributed by atoms with E-state index in [1.54, 1.807) is 0 Å². The van der Waals surface area contributed by atoms with E-state index in [0.717, 1.165) is 25.7 Å². The van der Waals surface area contributed by atoms with Crippen molar-refractivity contribution in [2.24, 2.45) is 11.8 Å². The van der Waals surface area contributed by atoms with E-state index >= 15 is 0 Å². The van der Waals surface area contributed by atoms with Gasteiger partial charge >= 0.3 is 45.5 Å². The molecule has 0 N–H and O–H groups in total. The summed E-state index contributed by atoms with van der Waals surface area (Å²) in [6, 6.07) is 0. The van der Waals surface area contributed by atoms with E-state index in [1.807, 2.05) is 0 Å². The van der Waals surface area contributed by atoms with Gasteiger partial charge < -0.3 is 10.2 Å². The van der Waals surface area contributed by atoms with Crippen molar-refractivity contribution in [3.8, 4) is 0 Å². The van der Waals surface area contributed by atoms with Gasteiger partial charge in [-0.25, -0.2) is 0 Å². The van der Waals surface area contributed by atoms with Crippen molar-refractivity contribution in [1.29, 1.82) is 0 Å². The first-order valence-corrected chi connectivity index (χ1v) is 7.86. The summed E-state index contributed by atoms with van der Waals surface area (Å²) in [5.41, 5.74) is 0. The second-order valence-corrected chi connectivity index (χ2v) is 5.17. The van der Waals surface area contributed by atoms with Crippen LogP contribution in [-0.4, -0.2) is 58.7 Å². The number of rotatable bonds is 10. The Morgan fingerprint density at radius 1 is 0.684 bits per heavy atom. The zero-order chi connectivity index (χ0) is 14.2. The zero-order valence-electron chi connectivity index (χ0n) is 13.7. The van der Waals surface area contributed by atoms with E-state index in [0.29, 0.717) is 11.8 Å². The fraction of sp³-hybridized carbons (Fsp3) is 1.00. The summed E-state index contributed by atoms with van der Waals surface area (Å²) in [7, 11) is 0. The minimum atomic E-state index is 0. The molecule has 0 radical (unpaired) electrons. The van der Waals surface area contributed by atoms with Crippen LogP contribution in [0.3, 0.4) is 0 Å². The SMILES string of the molecule is CCCCC(CC)C[O-].CCCCC(CC)C[O-].[Sr+2]. The second-order valence-electron chi connectivity index (χ2n) is 5.17. The topological polar surface area (TPSA) is 46.1 Å². The van der Waals surface area contributed by atoms with E-state index in [9.17, 15) is 10.2 Å². The molecule has 19 heavy (non-hydrogen) atoms. The molecule has 0 amide bonds. The quantitative estimate of drug-likeness (QED) is 0.571. The van der Waals surface area contributed by atoms with Gasteiger partial charge in [-0.05, 0) is 0 Å². The van der Waals surface area contributed by atoms with Crippen LogP contribution < -0.4 is 10.2 Å². The van der Waals surface area contributed by atoms with Gasteiger partial charge in [0.15, 0.2) is 0 Å². The number of hydrogen-bond donors (Lipinski definition) is 0. The zero-order valence-corrected chi connectivity index (χ0v) is 17.2. The van der Waals surface area contributed by atoms with Crippen LogP contribution in [0.2, 0.25) is 0 Å². The predicted octanol–water partition coefficient (Wildman–Crippen LogP) is 2.75. The van der Waals surface area contributed by atoms with Gasteiger partial charge in [0, 0.05) is 0 Å². The van der Waals surface area contributed by atoms with E-state index in [2.05, 4.69) is 27.7 Å². The average molecular weight is 346 g/mol. The van der Waals surface area contributed by atoms with Gasteiger partial charge in [-0.1, -0.05) is 90.9 Å². The third-order valence-electron chi connectivity index (χ3n) is 3.56. The molecule has 3 heteroatoms. The molecule has 112 valence electrons. The molecule has 0 aromatic rings. The molecule has 0 aliphatic heterocycles. The molecule has 0 spiro atoms. The molecule has 0 bridgehead atoms. The maximum atomic E-state index is 10.4. The van der Waals surface area contributed by atoms with Crippen LogP contribution in [-0.2, 0) is 0 Å². The summed E-state index contributed by atoms with van der Waals surface area (Å²) >= 11 is 0. The monoisotopic (exact) mass is 346 g/mol. The maximum absolute atomic E-state index is 10.4. The summed E-state index contributed by atoms with van der Waals surface area (Å²) < 4.78 is 0. The second kappa shape index (κ2) is 21.7. The molecule has 0 aromatic carbocycles. The van der Waals surface area contributed by atoms with Crippen LogP contribution in [0.5, 0.6) is 0 Å². The molecule has 2 nitrogen and oxygen atoms in total. The summed E-state index contributed by atoms with van der Waals surface area (Å²) in [6.45, 7) is 8.76. The third-order valence-corrected chi connectivity index (χ3v) is 3.56. The van der Waals surface area contributed by atoms with Crippen LogP contribution in [0.4, 0.5) is 0 Å². The first-order valence-electron chi connectivity index (χ1n) is 7.86. The van der Waals surface area contributed by atoms with Crippen molar-refractivity contribution >= 4 is 45.5 Å². The fourth-order valence-electron chi connectivity index (χ4n) is 1.80. The Balaban J connectivity index is -0.000000256. The van der Waals surface area contributed by atoms with Crippen molar-refractivity contribution < 1.29 is 10.2 Å². The van der Waals surface area contributed by atoms with Gasteiger partial charge in [-0.2, -0.15) is 0 Å². The van der Waals surface area contributed by atoms with Crippen LogP contribution >= 0.6 is 0 Å². The van der Waals surface area contributed by atoms with Crippen LogP contribution in [0.15, 0.2) is 0 Å². The molecular weight excluding hydrogens is 312 g/mol. The van der Waals surface area contributed by atoms with Gasteiger partial charge in [0.25, 0.3) is 0 Å². The Kier molecular flexibility index (Phi) is 29.0. The molecule has 2 atom stereocenters. The minimum absolute atomic E-state index is 0. The smallest absolute Gasteiger partial charge is 0.854 e. The molecule has 0 rings (SSSR count). The van der Waals surface area contributed by atoms with Crippen molar-refractivity contribution in [1.82, 2.24) is 0 Å². The predicted molar refractivity (Wildman–Crippen MR) is 82.1 cm³/mol. The van der Waals surface area contributed by atoms with Crippen LogP contribution in [0, 0.1) is 11.8 Å². The minimum Gasteiger partial charge on any atom is -0.854 e. The van der Waals surface area contributed by atoms with E-state index in [1.165, 1.54) is 25.7 Å². The van der Waals surface area contributed by atoms with Crippen LogP contribution in [0.25, 0.3) is 0 Å². The Hall–Kier alpha value is 1.40. The van der Waals surface area contributed by atoms with Gasteiger partial charge in [0.1, 0.15) is 0 Å². The maximum Gasteiger partial charge on any atom is 2.00 e. The normalized spacial score (nSPS) is 12.9. The summed E-state index contributed by atoms with van der Waals surface area (Å²) in [5.74, 6) is 0.898. The molecular formula is C16H34O2Sr. The van der Waals surface area contributed by atoms with Gasteiger partial charge in [-0.3, -0.25) is 0 Å². The Bertz CT molecular complexity index is 119. The van der Waals surface area contributed by atoms with E-state index in [-0.39, 0.29) is 58.7 Å². The molecule has 0 fully saturated rings. The molecule has 0 aliphatic carbocycles. The Morgan fingerprint density at radius 3 is 1.16 bits per heavy atom. The first kappa shape index (κ1) is 25.4. The van der Waals surface area contributed by atoms with Crippen LogP contribution in [0.1, 0.15) is 79.1 Å². The van der Waals surface area contributed by atoms with Crippen molar-refractivity contribution in [2.75, 3.05) is 13.2 Å². The molecule has 2 unspecified atom stereocenters. The summed E-state index contributed by atoms with van der Waals surface area (Å²) in [4.78, 5) is 0. The fourth-order valence-corrected chi connectivity index (χ4v) is 1.80. The summed E-state index contributed by atoms with van der Waals surface area (Å²) in [5, 5.41) is 20.7. The van der Waals surface area contributed by atoms with Gasteiger partial charge in [0.2, 0.25) is 0 Å². The molecule has 0 aromatic heterocycles. The largest absolute Gasteiger partial charge is 2.00 e. The standard InChI is InChI=1S/2C8H17O.Sr/c2*1-3-5-6-8(4-2)7-9;/h2*8H,3-7H2,1-2H3;/q2*-1;+2. The summed E-state index contributed by atoms with van der Waals surface area (Å²) in [6.07, 6.45) is 9.27. The molecule has 0 heterocycles. The van der Waals surface area contributed by atoms with Gasteiger partial charge in [0.05, 0.1) is 0 Å². The Morgan fingerprint density at radius 2 is 1.00 bits per heavy atom. The first-order chi connectivity index (χ1) is 8.69. The number of hydrogen-bond acceptors (Lipinski definition) is 2. The molecule has 0 aliphatic rings.